The molecule has 0 aliphatic rings. The molecule has 1 aromatic rings. The van der Waals surface area contributed by atoms with Crippen LogP contribution >= 0.6 is 0 Å². The second kappa shape index (κ2) is 5.46. The first kappa shape index (κ1) is 11.8. The zero-order chi connectivity index (χ0) is 8.27. The molecule has 0 heterocycles. The van der Waals surface area contributed by atoms with Gasteiger partial charge in [-0.05, 0) is 18.2 Å². The first-order valence-corrected chi connectivity index (χ1v) is 2.97. The maximum atomic E-state index is 10.4. The van der Waals surface area contributed by atoms with Crippen LogP contribution in [-0.4, -0.2) is 62.5 Å². The molecule has 0 saturated carbocycles. The normalized spacial score (nSPS) is 7.92. The van der Waals surface area contributed by atoms with E-state index in [0.717, 1.165) is 0 Å². The molecule has 0 radical (unpaired) electrons. The van der Waals surface area contributed by atoms with Crippen molar-refractivity contribution >= 4 is 57.4 Å². The van der Waals surface area contributed by atoms with Gasteiger partial charge in [0.15, 0.2) is 0 Å². The van der Waals surface area contributed by atoms with Crippen LogP contribution in [0.2, 0.25) is 0 Å². The van der Waals surface area contributed by atoms with Crippen LogP contribution in [0.25, 0.3) is 0 Å². The van der Waals surface area contributed by atoms with Gasteiger partial charge in [-0.25, -0.2) is 4.79 Å². The van der Waals surface area contributed by atoms with Gasteiger partial charge in [0.2, 0.25) is 0 Å². The molecule has 12 heavy (non-hydrogen) atoms. The number of hydrogen-bond donors (Lipinski definition) is 1. The Hall–Kier alpha value is -0.184. The minimum atomic E-state index is -1.01. The number of nitrogens with zero attached hydrogens (tertiary/aromatic N) is 1. The Balaban J connectivity index is 0.00000121. The summed E-state index contributed by atoms with van der Waals surface area (Å²) in [6.07, 6.45) is 0. The van der Waals surface area contributed by atoms with E-state index in [-0.39, 0.29) is 56.9 Å². The van der Waals surface area contributed by atoms with Crippen LogP contribution in [0.15, 0.2) is 24.3 Å². The van der Waals surface area contributed by atoms with Gasteiger partial charge in [0.05, 0.1) is 17.2 Å². The Bertz CT molecular complexity index is 330. The fraction of sp³-hybridized carbons (Fsp3) is 0. The second-order valence-corrected chi connectivity index (χ2v) is 2.00. The summed E-state index contributed by atoms with van der Waals surface area (Å²) in [7, 11) is 0. The van der Waals surface area contributed by atoms with Crippen molar-refractivity contribution in [1.82, 2.24) is 0 Å². The van der Waals surface area contributed by atoms with E-state index in [0.29, 0.717) is 5.56 Å². The summed E-state index contributed by atoms with van der Waals surface area (Å²) in [6, 6.07) is 7.75. The molecule has 0 spiro atoms. The summed E-state index contributed by atoms with van der Waals surface area (Å²) in [5.74, 6) is -1.01. The predicted molar refractivity (Wildman–Crippen MR) is 45.3 cm³/mol. The third kappa shape index (κ3) is 3.05. The molecule has 0 aliphatic carbocycles. The summed E-state index contributed by atoms with van der Waals surface area (Å²) in [6.45, 7) is 0. The molecule has 0 amide bonds. The number of carboxylic acid groups (broad SMARTS) is 1. The fourth-order valence-electron chi connectivity index (χ4n) is 0.722. The molecule has 1 rings (SSSR count). The predicted octanol–water partition coefficient (Wildman–Crippen LogP) is 0.608. The quantitative estimate of drug-likeness (QED) is 0.655. The van der Waals surface area contributed by atoms with Gasteiger partial charge in [-0.15, -0.1) is 0 Å². The number of nitriles is 1. The topological polar surface area (TPSA) is 61.1 Å². The van der Waals surface area contributed by atoms with Gasteiger partial charge in [0.25, 0.3) is 0 Å². The SMILES string of the molecule is N#Cc1cccc(C(=O)O)c1.[KH]. The van der Waals surface area contributed by atoms with Crippen LogP contribution in [0, 0.1) is 11.3 Å². The van der Waals surface area contributed by atoms with Gasteiger partial charge >= 0.3 is 57.4 Å². The van der Waals surface area contributed by atoms with Gasteiger partial charge in [-0.1, -0.05) is 6.07 Å². The van der Waals surface area contributed by atoms with Crippen LogP contribution in [0.4, 0.5) is 0 Å². The zero-order valence-corrected chi connectivity index (χ0v) is 5.61. The molecule has 0 aliphatic heterocycles. The Morgan fingerprint density at radius 2 is 2.17 bits per heavy atom. The Morgan fingerprint density at radius 3 is 2.67 bits per heavy atom. The van der Waals surface area contributed by atoms with E-state index in [1.165, 1.54) is 12.1 Å². The third-order valence-electron chi connectivity index (χ3n) is 1.24. The van der Waals surface area contributed by atoms with E-state index in [4.69, 9.17) is 10.4 Å². The average Bonchev–Trinajstić information content (AvgIpc) is 2.05. The number of carboxylic acids is 1. The molecule has 1 aromatic carbocycles. The van der Waals surface area contributed by atoms with Crippen LogP contribution in [0.1, 0.15) is 15.9 Å². The first-order valence-electron chi connectivity index (χ1n) is 2.97. The van der Waals surface area contributed by atoms with Crippen molar-refractivity contribution in [2.24, 2.45) is 0 Å². The van der Waals surface area contributed by atoms with E-state index in [9.17, 15) is 4.79 Å². The van der Waals surface area contributed by atoms with E-state index >= 15 is 0 Å². The van der Waals surface area contributed by atoms with Gasteiger partial charge in [0, 0.05) is 0 Å². The standard InChI is InChI=1S/C8H5NO2.K.H/c9-5-6-2-1-3-7(4-6)8(10)11;;/h1-4H,(H,10,11);;. The van der Waals surface area contributed by atoms with Crippen molar-refractivity contribution in [1.29, 1.82) is 5.26 Å². The van der Waals surface area contributed by atoms with Crippen molar-refractivity contribution in [3.8, 4) is 6.07 Å². The molecule has 4 heteroatoms. The van der Waals surface area contributed by atoms with Crippen molar-refractivity contribution in [3.05, 3.63) is 35.4 Å². The summed E-state index contributed by atoms with van der Waals surface area (Å²) in [4.78, 5) is 10.4. The Labute approximate surface area is 112 Å². The summed E-state index contributed by atoms with van der Waals surface area (Å²) in [5, 5.41) is 16.9. The number of aromatic carboxylic acids is 1. The third-order valence-corrected chi connectivity index (χ3v) is 1.24. The van der Waals surface area contributed by atoms with Crippen LogP contribution in [-0.2, 0) is 0 Å². The van der Waals surface area contributed by atoms with Gasteiger partial charge < -0.3 is 5.11 Å². The van der Waals surface area contributed by atoms with Gasteiger partial charge in [-0.3, -0.25) is 0 Å². The molecule has 0 aromatic heterocycles. The molecule has 56 valence electrons. The summed E-state index contributed by atoms with van der Waals surface area (Å²) >= 11 is 0. The fourth-order valence-corrected chi connectivity index (χ4v) is 0.722. The van der Waals surface area contributed by atoms with Crippen molar-refractivity contribution in [2.75, 3.05) is 0 Å². The van der Waals surface area contributed by atoms with Crippen molar-refractivity contribution < 1.29 is 9.90 Å². The second-order valence-electron chi connectivity index (χ2n) is 2.00. The molecular weight excluding hydrogens is 181 g/mol. The van der Waals surface area contributed by atoms with Crippen LogP contribution in [0.5, 0.6) is 0 Å². The molecule has 0 fully saturated rings. The molecular formula is C8H6KNO2. The van der Waals surface area contributed by atoms with E-state index < -0.39 is 5.97 Å². The Kier molecular flexibility index (Phi) is 5.38. The number of benzene rings is 1. The molecule has 3 nitrogen and oxygen atoms in total. The van der Waals surface area contributed by atoms with Crippen molar-refractivity contribution in [3.63, 3.8) is 0 Å². The monoisotopic (exact) mass is 187 g/mol. The zero-order valence-electron chi connectivity index (χ0n) is 5.61. The summed E-state index contributed by atoms with van der Waals surface area (Å²) < 4.78 is 0. The van der Waals surface area contributed by atoms with Crippen molar-refractivity contribution in [2.45, 2.75) is 0 Å². The van der Waals surface area contributed by atoms with Crippen LogP contribution < -0.4 is 0 Å². The number of hydrogen-bond acceptors (Lipinski definition) is 2. The van der Waals surface area contributed by atoms with E-state index in [1.54, 1.807) is 12.1 Å². The maximum absolute atomic E-state index is 10.4. The Morgan fingerprint density at radius 1 is 1.50 bits per heavy atom. The molecule has 1 N–H and O–H groups in total. The minimum absolute atomic E-state index is 0. The molecule has 0 saturated heterocycles. The summed E-state index contributed by atoms with van der Waals surface area (Å²) in [5.41, 5.74) is 0.508. The number of carbonyl (C=O) groups is 1. The first-order chi connectivity index (χ1) is 5.24. The number of rotatable bonds is 1. The molecule has 0 bridgehead atoms. The van der Waals surface area contributed by atoms with Crippen LogP contribution in [0.3, 0.4) is 0 Å². The molecule has 0 atom stereocenters. The molecule has 0 unspecified atom stereocenters. The van der Waals surface area contributed by atoms with Gasteiger partial charge in [0.1, 0.15) is 0 Å². The van der Waals surface area contributed by atoms with E-state index in [1.807, 2.05) is 6.07 Å². The van der Waals surface area contributed by atoms with E-state index in [2.05, 4.69) is 0 Å². The van der Waals surface area contributed by atoms with Gasteiger partial charge in [-0.2, -0.15) is 5.26 Å². The average molecular weight is 187 g/mol.